The van der Waals surface area contributed by atoms with Crippen LogP contribution in [0.4, 0.5) is 0 Å². The van der Waals surface area contributed by atoms with E-state index in [9.17, 15) is 4.79 Å². The van der Waals surface area contributed by atoms with Crippen molar-refractivity contribution in [2.24, 2.45) is 4.99 Å². The van der Waals surface area contributed by atoms with E-state index in [1.807, 2.05) is 56.4 Å². The zero-order chi connectivity index (χ0) is 17.8. The first kappa shape index (κ1) is 17.2. The van der Waals surface area contributed by atoms with Gasteiger partial charge in [0.15, 0.2) is 5.78 Å². The molecule has 2 aromatic carbocycles. The van der Waals surface area contributed by atoms with E-state index in [0.29, 0.717) is 10.8 Å². The lowest BCUT2D eigenvalue weighted by Crippen LogP contribution is -2.15. The number of ketones is 1. The number of aryl methyl sites for hydroxylation is 2. The van der Waals surface area contributed by atoms with E-state index >= 15 is 0 Å². The largest absolute Gasteiger partial charge is 0.485 e. The van der Waals surface area contributed by atoms with Crippen molar-refractivity contribution in [2.45, 2.75) is 13.8 Å². The number of hydrogen-bond acceptors (Lipinski definition) is 3. The molecular weight excluding hydrogens is 336 g/mol. The molecule has 0 spiro atoms. The molecule has 5 heteroatoms. The molecule has 4 nitrogen and oxygen atoms in total. The molecule has 0 fully saturated rings. The van der Waals surface area contributed by atoms with Gasteiger partial charge in [-0.1, -0.05) is 29.8 Å². The van der Waals surface area contributed by atoms with Crippen molar-refractivity contribution in [3.63, 3.8) is 0 Å². The highest BCUT2D eigenvalue weighted by atomic mass is 35.5. The lowest BCUT2D eigenvalue weighted by molar-refractivity contribution is -0.119. The Bertz CT molecular complexity index is 921. The number of halogens is 1. The topological polar surface area (TPSA) is 54.4 Å². The number of H-pyrrole nitrogens is 1. The van der Waals surface area contributed by atoms with E-state index in [1.54, 1.807) is 6.21 Å². The highest BCUT2D eigenvalue weighted by Gasteiger charge is 2.08. The van der Waals surface area contributed by atoms with Crippen molar-refractivity contribution in [2.75, 3.05) is 13.2 Å². The minimum atomic E-state index is -0.0789. The van der Waals surface area contributed by atoms with Crippen LogP contribution < -0.4 is 4.74 Å². The van der Waals surface area contributed by atoms with Gasteiger partial charge in [0, 0.05) is 33.9 Å². The number of carbonyl (C=O) groups excluding carboxylic acids is 1. The number of aliphatic imine (C=N–C) groups is 1. The molecule has 0 saturated heterocycles. The predicted molar refractivity (Wildman–Crippen MR) is 102 cm³/mol. The Labute approximate surface area is 151 Å². The van der Waals surface area contributed by atoms with Crippen molar-refractivity contribution in [3.8, 4) is 5.75 Å². The molecule has 25 heavy (non-hydrogen) atoms. The van der Waals surface area contributed by atoms with Crippen LogP contribution in [0.15, 0.2) is 47.6 Å². The van der Waals surface area contributed by atoms with Gasteiger partial charge in [0.1, 0.15) is 18.9 Å². The zero-order valence-electron chi connectivity index (χ0n) is 14.2. The number of carbonyl (C=O) groups is 1. The van der Waals surface area contributed by atoms with Crippen molar-refractivity contribution in [1.29, 1.82) is 0 Å². The summed E-state index contributed by atoms with van der Waals surface area (Å²) in [6, 6.07) is 11.6. The highest BCUT2D eigenvalue weighted by molar-refractivity contribution is 6.30. The molecule has 3 aromatic rings. The monoisotopic (exact) mass is 354 g/mol. The molecule has 0 saturated carbocycles. The molecule has 0 aliphatic rings. The first-order valence-electron chi connectivity index (χ1n) is 8.02. The molecule has 1 N–H and O–H groups in total. The number of rotatable bonds is 6. The summed E-state index contributed by atoms with van der Waals surface area (Å²) >= 11 is 6.00. The fraction of sp³-hybridized carbons (Fsp3) is 0.200. The van der Waals surface area contributed by atoms with Gasteiger partial charge >= 0.3 is 0 Å². The average Bonchev–Trinajstić information content (AvgIpc) is 2.97. The molecule has 0 radical (unpaired) electrons. The van der Waals surface area contributed by atoms with Gasteiger partial charge in [-0.15, -0.1) is 0 Å². The standard InChI is InChI=1S/C20H19ClN2O2/c1-13-7-16(21)8-14(2)20(13)25-12-17(24)11-22-9-15-10-23-19-6-4-3-5-18(15)19/h3-10,23H,11-12H2,1-2H3. The smallest absolute Gasteiger partial charge is 0.191 e. The summed E-state index contributed by atoms with van der Waals surface area (Å²) in [5.74, 6) is 0.628. The van der Waals surface area contributed by atoms with E-state index in [0.717, 1.165) is 27.6 Å². The van der Waals surface area contributed by atoms with Crippen LogP contribution in [0.5, 0.6) is 5.75 Å². The number of ether oxygens (including phenoxy) is 1. The lowest BCUT2D eigenvalue weighted by atomic mass is 10.1. The summed E-state index contributed by atoms with van der Waals surface area (Å²) in [4.78, 5) is 19.4. The second kappa shape index (κ2) is 7.53. The lowest BCUT2D eigenvalue weighted by Gasteiger charge is -2.11. The first-order chi connectivity index (χ1) is 12.0. The van der Waals surface area contributed by atoms with Gasteiger partial charge in [0.25, 0.3) is 0 Å². The minimum Gasteiger partial charge on any atom is -0.485 e. The third kappa shape index (κ3) is 4.09. The van der Waals surface area contributed by atoms with Crippen LogP contribution in [0, 0.1) is 13.8 Å². The zero-order valence-corrected chi connectivity index (χ0v) is 14.9. The number of benzene rings is 2. The van der Waals surface area contributed by atoms with Gasteiger partial charge in [0.05, 0.1) is 0 Å². The number of aromatic amines is 1. The Morgan fingerprint density at radius 2 is 1.96 bits per heavy atom. The third-order valence-corrected chi connectivity index (χ3v) is 4.14. The van der Waals surface area contributed by atoms with Crippen molar-refractivity contribution >= 4 is 34.5 Å². The number of hydrogen-bond donors (Lipinski definition) is 1. The number of nitrogens with one attached hydrogen (secondary N) is 1. The molecule has 0 aliphatic carbocycles. The molecule has 0 aliphatic heterocycles. The summed E-state index contributed by atoms with van der Waals surface area (Å²) in [5, 5.41) is 1.75. The molecule has 0 bridgehead atoms. The molecule has 0 atom stereocenters. The van der Waals surface area contributed by atoms with E-state index in [2.05, 4.69) is 9.98 Å². The average molecular weight is 355 g/mol. The number of Topliss-reactive ketones (excluding diaryl/α,β-unsaturated/α-hetero) is 1. The van der Waals surface area contributed by atoms with Crippen LogP contribution >= 0.6 is 11.6 Å². The molecule has 3 rings (SSSR count). The summed E-state index contributed by atoms with van der Waals surface area (Å²) in [6.45, 7) is 3.90. The van der Waals surface area contributed by atoms with Gasteiger partial charge in [-0.2, -0.15) is 0 Å². The number of aromatic nitrogens is 1. The van der Waals surface area contributed by atoms with Crippen LogP contribution in [0.25, 0.3) is 10.9 Å². The molecule has 1 heterocycles. The molecular formula is C20H19ClN2O2. The Morgan fingerprint density at radius 1 is 1.24 bits per heavy atom. The van der Waals surface area contributed by atoms with Gasteiger partial charge in [-0.3, -0.25) is 9.79 Å². The summed E-state index contributed by atoms with van der Waals surface area (Å²) < 4.78 is 5.65. The van der Waals surface area contributed by atoms with Gasteiger partial charge < -0.3 is 9.72 Å². The quantitative estimate of drug-likeness (QED) is 0.662. The number of para-hydroxylation sites is 1. The maximum absolute atomic E-state index is 12.0. The Hall–Kier alpha value is -2.59. The maximum Gasteiger partial charge on any atom is 0.191 e. The highest BCUT2D eigenvalue weighted by Crippen LogP contribution is 2.26. The van der Waals surface area contributed by atoms with Crippen molar-refractivity contribution in [3.05, 3.63) is 64.3 Å². The molecule has 0 unspecified atom stereocenters. The molecule has 128 valence electrons. The normalized spacial score (nSPS) is 11.3. The van der Waals surface area contributed by atoms with Gasteiger partial charge in [-0.25, -0.2) is 0 Å². The van der Waals surface area contributed by atoms with Crippen LogP contribution in [0.3, 0.4) is 0 Å². The van der Waals surface area contributed by atoms with Crippen LogP contribution in [0.1, 0.15) is 16.7 Å². The minimum absolute atomic E-state index is 0.00542. The summed E-state index contributed by atoms with van der Waals surface area (Å²) in [7, 11) is 0. The SMILES string of the molecule is Cc1cc(Cl)cc(C)c1OCC(=O)CN=Cc1c[nH]c2ccccc12. The second-order valence-electron chi connectivity index (χ2n) is 5.96. The Morgan fingerprint density at radius 3 is 2.72 bits per heavy atom. The first-order valence-corrected chi connectivity index (χ1v) is 8.39. The van der Waals surface area contributed by atoms with Gasteiger partial charge in [0.2, 0.25) is 0 Å². The molecule has 1 aromatic heterocycles. The van der Waals surface area contributed by atoms with E-state index in [1.165, 1.54) is 0 Å². The fourth-order valence-corrected chi connectivity index (χ4v) is 3.10. The number of fused-ring (bicyclic) bond motifs is 1. The Kier molecular flexibility index (Phi) is 5.19. The summed E-state index contributed by atoms with van der Waals surface area (Å²) in [6.07, 6.45) is 3.60. The summed E-state index contributed by atoms with van der Waals surface area (Å²) in [5.41, 5.74) is 3.85. The van der Waals surface area contributed by atoms with Crippen LogP contribution in [-0.2, 0) is 4.79 Å². The molecule has 0 amide bonds. The van der Waals surface area contributed by atoms with Crippen molar-refractivity contribution in [1.82, 2.24) is 4.98 Å². The fourth-order valence-electron chi connectivity index (χ4n) is 2.77. The van der Waals surface area contributed by atoms with Crippen LogP contribution in [0.2, 0.25) is 5.02 Å². The number of nitrogens with zero attached hydrogens (tertiary/aromatic N) is 1. The predicted octanol–water partition coefficient (Wildman–Crippen LogP) is 4.51. The van der Waals surface area contributed by atoms with E-state index in [-0.39, 0.29) is 18.9 Å². The maximum atomic E-state index is 12.0. The van der Waals surface area contributed by atoms with E-state index < -0.39 is 0 Å². The van der Waals surface area contributed by atoms with Crippen LogP contribution in [-0.4, -0.2) is 30.1 Å². The Balaban J connectivity index is 1.58. The van der Waals surface area contributed by atoms with Crippen molar-refractivity contribution < 1.29 is 9.53 Å². The van der Waals surface area contributed by atoms with Gasteiger partial charge in [-0.05, 0) is 43.2 Å². The third-order valence-electron chi connectivity index (χ3n) is 3.92. The van der Waals surface area contributed by atoms with E-state index in [4.69, 9.17) is 16.3 Å². The second-order valence-corrected chi connectivity index (χ2v) is 6.39.